The van der Waals surface area contributed by atoms with Gasteiger partial charge in [-0.15, -0.1) is 0 Å². The van der Waals surface area contributed by atoms with E-state index in [9.17, 15) is 22.8 Å². The third-order valence-electron chi connectivity index (χ3n) is 6.32. The normalized spacial score (nSPS) is 20.8. The number of alkyl halides is 3. The molecule has 3 aromatic rings. The van der Waals surface area contributed by atoms with E-state index in [-0.39, 0.29) is 24.4 Å². The average molecular weight is 502 g/mol. The maximum absolute atomic E-state index is 13.1. The summed E-state index contributed by atoms with van der Waals surface area (Å²) in [7, 11) is 1.51. The maximum atomic E-state index is 13.1. The molecule has 1 aliphatic heterocycles. The van der Waals surface area contributed by atoms with E-state index in [1.54, 1.807) is 12.3 Å². The molecule has 1 saturated carbocycles. The fraction of sp³-hybridized carbons (Fsp3) is 0.391. The van der Waals surface area contributed by atoms with Gasteiger partial charge in [0, 0.05) is 24.5 Å². The molecule has 2 fully saturated rings. The molecule has 188 valence electrons. The molecule has 0 bridgehead atoms. The zero-order valence-electron chi connectivity index (χ0n) is 19.1. The summed E-state index contributed by atoms with van der Waals surface area (Å²) in [5.74, 6) is 0.348. The van der Waals surface area contributed by atoms with Crippen molar-refractivity contribution in [2.24, 2.45) is 0 Å². The molecule has 0 aromatic carbocycles. The van der Waals surface area contributed by atoms with Gasteiger partial charge < -0.3 is 9.47 Å². The standard InChI is InChI=1S/C23H21F3N6O4/c1-35-19-7-18-17(10-28-19)21(30-12-29-18)36-16-4-2-14(3-5-16)32-20(33)11-31(22(32)34)15-6-13(8-27-9-15)23(24,25)26/h6-10,12,14,16H,2-5,11H2,1H3. The average Bonchev–Trinajstić information content (AvgIpc) is 3.17. The number of anilines is 1. The van der Waals surface area contributed by atoms with Crippen LogP contribution in [0.25, 0.3) is 10.9 Å². The fourth-order valence-corrected chi connectivity index (χ4v) is 4.50. The van der Waals surface area contributed by atoms with Gasteiger partial charge in [-0.05, 0) is 31.7 Å². The SMILES string of the molecule is COc1cc2ncnc(OC3CCC(N4C(=O)CN(c5cncc(C(F)(F)F)c5)C4=O)CC3)c2cn1. The van der Waals surface area contributed by atoms with E-state index in [4.69, 9.17) is 9.47 Å². The molecule has 0 N–H and O–H groups in total. The van der Waals surface area contributed by atoms with Crippen molar-refractivity contribution in [2.75, 3.05) is 18.6 Å². The highest BCUT2D eigenvalue weighted by Crippen LogP contribution is 2.34. The van der Waals surface area contributed by atoms with Crippen LogP contribution in [0.2, 0.25) is 0 Å². The van der Waals surface area contributed by atoms with Gasteiger partial charge >= 0.3 is 12.2 Å². The molecule has 0 atom stereocenters. The van der Waals surface area contributed by atoms with Gasteiger partial charge in [0.15, 0.2) is 0 Å². The fourth-order valence-electron chi connectivity index (χ4n) is 4.50. The molecule has 13 heteroatoms. The Morgan fingerprint density at radius 2 is 1.78 bits per heavy atom. The van der Waals surface area contributed by atoms with Gasteiger partial charge in [-0.25, -0.2) is 19.7 Å². The zero-order chi connectivity index (χ0) is 25.4. The number of methoxy groups -OCH3 is 1. The Morgan fingerprint density at radius 3 is 2.50 bits per heavy atom. The molecule has 0 radical (unpaired) electrons. The predicted molar refractivity (Wildman–Crippen MR) is 119 cm³/mol. The minimum atomic E-state index is -4.61. The number of rotatable bonds is 5. The molecule has 5 rings (SSSR count). The topological polar surface area (TPSA) is 111 Å². The Labute approximate surface area is 203 Å². The third kappa shape index (κ3) is 4.48. The van der Waals surface area contributed by atoms with Crippen LogP contribution in [0, 0.1) is 0 Å². The number of ether oxygens (including phenoxy) is 2. The number of carbonyl (C=O) groups is 2. The minimum absolute atomic E-state index is 0.0661. The minimum Gasteiger partial charge on any atom is -0.481 e. The van der Waals surface area contributed by atoms with Crippen molar-refractivity contribution in [2.45, 2.75) is 44.0 Å². The molecule has 1 saturated heterocycles. The van der Waals surface area contributed by atoms with E-state index < -0.39 is 23.7 Å². The number of urea groups is 1. The van der Waals surface area contributed by atoms with Gasteiger partial charge in [0.05, 0.1) is 35.5 Å². The zero-order valence-corrected chi connectivity index (χ0v) is 19.1. The second-order valence-electron chi connectivity index (χ2n) is 8.53. The van der Waals surface area contributed by atoms with Crippen LogP contribution in [0.4, 0.5) is 23.7 Å². The number of carbonyl (C=O) groups excluding carboxylic acids is 2. The smallest absolute Gasteiger partial charge is 0.417 e. The summed E-state index contributed by atoms with van der Waals surface area (Å²) >= 11 is 0. The van der Waals surface area contributed by atoms with E-state index in [1.807, 2.05) is 0 Å². The Kier molecular flexibility index (Phi) is 6.06. The Balaban J connectivity index is 1.25. The second-order valence-corrected chi connectivity index (χ2v) is 8.53. The number of halogens is 3. The van der Waals surface area contributed by atoms with Crippen molar-refractivity contribution in [3.05, 3.63) is 42.6 Å². The highest BCUT2D eigenvalue weighted by atomic mass is 19.4. The van der Waals surface area contributed by atoms with Gasteiger partial charge in [0.1, 0.15) is 19.0 Å². The molecule has 2 aliphatic rings. The van der Waals surface area contributed by atoms with Crippen LogP contribution >= 0.6 is 0 Å². The Bertz CT molecular complexity index is 1310. The number of amides is 3. The lowest BCUT2D eigenvalue weighted by atomic mass is 9.92. The first-order chi connectivity index (χ1) is 17.2. The van der Waals surface area contributed by atoms with Crippen LogP contribution in [0.15, 0.2) is 37.1 Å². The van der Waals surface area contributed by atoms with Crippen LogP contribution < -0.4 is 14.4 Å². The summed E-state index contributed by atoms with van der Waals surface area (Å²) in [5, 5.41) is 0.635. The lowest BCUT2D eigenvalue weighted by Crippen LogP contribution is -2.44. The lowest BCUT2D eigenvalue weighted by Gasteiger charge is -2.33. The van der Waals surface area contributed by atoms with E-state index >= 15 is 0 Å². The summed E-state index contributed by atoms with van der Waals surface area (Å²) in [6.45, 7) is -0.332. The van der Waals surface area contributed by atoms with E-state index in [0.717, 1.165) is 22.1 Å². The Morgan fingerprint density at radius 1 is 1.00 bits per heavy atom. The van der Waals surface area contributed by atoms with E-state index in [2.05, 4.69) is 19.9 Å². The van der Waals surface area contributed by atoms with Crippen molar-refractivity contribution in [3.8, 4) is 11.8 Å². The Hall–Kier alpha value is -4.03. The molecule has 10 nitrogen and oxygen atoms in total. The summed E-state index contributed by atoms with van der Waals surface area (Å²) in [4.78, 5) is 44.1. The summed E-state index contributed by atoms with van der Waals surface area (Å²) < 4.78 is 50.4. The molecule has 1 aliphatic carbocycles. The molecule has 0 spiro atoms. The van der Waals surface area contributed by atoms with Crippen LogP contribution in [0.1, 0.15) is 31.2 Å². The number of aromatic nitrogens is 4. The number of imide groups is 1. The summed E-state index contributed by atoms with van der Waals surface area (Å²) in [6, 6.07) is 1.48. The first-order valence-electron chi connectivity index (χ1n) is 11.2. The largest absolute Gasteiger partial charge is 0.481 e. The van der Waals surface area contributed by atoms with Gasteiger partial charge in [0.25, 0.3) is 5.91 Å². The molecule has 36 heavy (non-hydrogen) atoms. The summed E-state index contributed by atoms with van der Waals surface area (Å²) in [5.41, 5.74) is -0.427. The van der Waals surface area contributed by atoms with Gasteiger partial charge in [-0.1, -0.05) is 0 Å². The van der Waals surface area contributed by atoms with Crippen molar-refractivity contribution in [1.29, 1.82) is 0 Å². The van der Waals surface area contributed by atoms with Crippen LogP contribution in [-0.2, 0) is 11.0 Å². The third-order valence-corrected chi connectivity index (χ3v) is 6.32. The van der Waals surface area contributed by atoms with Crippen LogP contribution in [0.5, 0.6) is 11.8 Å². The number of nitrogens with zero attached hydrogens (tertiary/aromatic N) is 6. The monoisotopic (exact) mass is 502 g/mol. The number of pyridine rings is 2. The van der Waals surface area contributed by atoms with Gasteiger partial charge in [-0.3, -0.25) is 19.6 Å². The maximum Gasteiger partial charge on any atom is 0.417 e. The number of fused-ring (bicyclic) bond motifs is 1. The first-order valence-corrected chi connectivity index (χ1v) is 11.2. The predicted octanol–water partition coefficient (Wildman–Crippen LogP) is 3.61. The first kappa shape index (κ1) is 23.7. The summed E-state index contributed by atoms with van der Waals surface area (Å²) in [6.07, 6.45) is 2.09. The van der Waals surface area contributed by atoms with Gasteiger partial charge in [-0.2, -0.15) is 13.2 Å². The number of hydrogen-bond acceptors (Lipinski definition) is 8. The lowest BCUT2D eigenvalue weighted by molar-refractivity contribution is -0.137. The molecule has 4 heterocycles. The molecular weight excluding hydrogens is 481 g/mol. The van der Waals surface area contributed by atoms with Crippen molar-refractivity contribution in [1.82, 2.24) is 24.8 Å². The number of hydrogen-bond donors (Lipinski definition) is 0. The van der Waals surface area contributed by atoms with E-state index in [0.29, 0.717) is 54.5 Å². The quantitative estimate of drug-likeness (QED) is 0.487. The second kappa shape index (κ2) is 9.21. The highest BCUT2D eigenvalue weighted by molar-refractivity contribution is 6.12. The molecule has 0 unspecified atom stereocenters. The van der Waals surface area contributed by atoms with Crippen LogP contribution in [0.3, 0.4) is 0 Å². The van der Waals surface area contributed by atoms with Crippen LogP contribution in [-0.4, -0.2) is 62.6 Å². The molecule has 3 amide bonds. The van der Waals surface area contributed by atoms with Crippen molar-refractivity contribution in [3.63, 3.8) is 0 Å². The van der Waals surface area contributed by atoms with E-state index in [1.165, 1.54) is 13.4 Å². The molecular formula is C23H21F3N6O4. The molecule has 3 aromatic heterocycles. The van der Waals surface area contributed by atoms with Gasteiger partial charge in [0.2, 0.25) is 11.8 Å². The van der Waals surface area contributed by atoms with Crippen molar-refractivity contribution < 1.29 is 32.2 Å². The highest BCUT2D eigenvalue weighted by Gasteiger charge is 2.43. The van der Waals surface area contributed by atoms with Crippen molar-refractivity contribution >= 4 is 28.5 Å².